The molecule has 2 aromatic carbocycles. The van der Waals surface area contributed by atoms with Crippen LogP contribution in [0.2, 0.25) is 0 Å². The third kappa shape index (κ3) is 4.66. The number of aldehydes is 1. The standard InChI is InChI=1S/C23H25N5OS/c1-5-30-27-19-12-8-17(9-13-19)21-20(15-29)22(28(26-21)23(2,3)4)25-18-10-6-16(14-24)7-11-18/h6-13,15,25,27H,5H2,1-4H3. The molecule has 0 radical (unpaired) electrons. The largest absolute Gasteiger partial charge is 0.340 e. The van der Waals surface area contributed by atoms with Crippen molar-refractivity contribution in [2.24, 2.45) is 0 Å². The number of benzene rings is 2. The zero-order chi connectivity index (χ0) is 21.7. The van der Waals surface area contributed by atoms with Gasteiger partial charge in [0.15, 0.2) is 6.29 Å². The van der Waals surface area contributed by atoms with Gasteiger partial charge in [-0.05, 0) is 57.2 Å². The number of carbonyl (C=O) groups is 1. The number of rotatable bonds is 7. The van der Waals surface area contributed by atoms with E-state index in [4.69, 9.17) is 10.4 Å². The van der Waals surface area contributed by atoms with Gasteiger partial charge in [-0.3, -0.25) is 4.79 Å². The van der Waals surface area contributed by atoms with E-state index in [9.17, 15) is 4.79 Å². The summed E-state index contributed by atoms with van der Waals surface area (Å²) in [6.07, 6.45) is 0.843. The number of hydrogen-bond donors (Lipinski definition) is 2. The molecule has 2 N–H and O–H groups in total. The van der Waals surface area contributed by atoms with Crippen LogP contribution in [0.1, 0.15) is 43.6 Å². The summed E-state index contributed by atoms with van der Waals surface area (Å²) in [5, 5.41) is 17.1. The van der Waals surface area contributed by atoms with E-state index in [0.717, 1.165) is 29.0 Å². The molecule has 0 amide bonds. The Bertz CT molecular complexity index is 1060. The smallest absolute Gasteiger partial charge is 0.156 e. The lowest BCUT2D eigenvalue weighted by atomic mass is 10.1. The maximum atomic E-state index is 12.1. The molecule has 0 saturated heterocycles. The average Bonchev–Trinajstić information content (AvgIpc) is 3.11. The summed E-state index contributed by atoms with van der Waals surface area (Å²) < 4.78 is 5.11. The Labute approximate surface area is 181 Å². The van der Waals surface area contributed by atoms with Crippen molar-refractivity contribution in [2.75, 3.05) is 15.8 Å². The Morgan fingerprint density at radius 2 is 1.73 bits per heavy atom. The maximum Gasteiger partial charge on any atom is 0.156 e. The topological polar surface area (TPSA) is 82.7 Å². The first kappa shape index (κ1) is 21.5. The molecule has 3 rings (SSSR count). The first-order valence-corrected chi connectivity index (χ1v) is 10.7. The van der Waals surface area contributed by atoms with Gasteiger partial charge in [-0.2, -0.15) is 10.4 Å². The predicted molar refractivity (Wildman–Crippen MR) is 124 cm³/mol. The van der Waals surface area contributed by atoms with E-state index in [2.05, 4.69) is 23.0 Å². The van der Waals surface area contributed by atoms with Crippen molar-refractivity contribution >= 4 is 35.4 Å². The van der Waals surface area contributed by atoms with Crippen molar-refractivity contribution < 1.29 is 4.79 Å². The third-order valence-corrected chi connectivity index (χ3v) is 5.11. The highest BCUT2D eigenvalue weighted by atomic mass is 32.2. The van der Waals surface area contributed by atoms with Crippen LogP contribution in [0, 0.1) is 11.3 Å². The fraction of sp³-hybridized carbons (Fsp3) is 0.261. The summed E-state index contributed by atoms with van der Waals surface area (Å²) in [5.74, 6) is 1.60. The van der Waals surface area contributed by atoms with Crippen molar-refractivity contribution in [3.63, 3.8) is 0 Å². The van der Waals surface area contributed by atoms with Gasteiger partial charge < -0.3 is 10.0 Å². The van der Waals surface area contributed by atoms with Crippen LogP contribution in [0.15, 0.2) is 48.5 Å². The van der Waals surface area contributed by atoms with Crippen LogP contribution >= 0.6 is 11.9 Å². The van der Waals surface area contributed by atoms with Crippen LogP contribution in [0.4, 0.5) is 17.2 Å². The van der Waals surface area contributed by atoms with Crippen LogP contribution in [0.25, 0.3) is 11.3 Å². The molecule has 0 unspecified atom stereocenters. The van der Waals surface area contributed by atoms with Crippen LogP contribution in [-0.4, -0.2) is 21.8 Å². The SMILES string of the molecule is CCSNc1ccc(-c2nn(C(C)(C)C)c(Nc3ccc(C#N)cc3)c2C=O)cc1. The Morgan fingerprint density at radius 3 is 2.27 bits per heavy atom. The second kappa shape index (κ2) is 9.06. The molecule has 3 aromatic rings. The van der Waals surface area contributed by atoms with E-state index in [0.29, 0.717) is 22.6 Å². The number of nitrogens with one attached hydrogen (secondary N) is 2. The molecule has 0 fully saturated rings. The Balaban J connectivity index is 2.04. The average molecular weight is 420 g/mol. The third-order valence-electron chi connectivity index (χ3n) is 4.44. The molecular weight excluding hydrogens is 394 g/mol. The lowest BCUT2D eigenvalue weighted by Gasteiger charge is -2.23. The van der Waals surface area contributed by atoms with Crippen LogP contribution < -0.4 is 10.0 Å². The fourth-order valence-corrected chi connectivity index (χ4v) is 3.42. The molecule has 0 saturated carbocycles. The Morgan fingerprint density at radius 1 is 1.10 bits per heavy atom. The highest BCUT2D eigenvalue weighted by molar-refractivity contribution is 8.00. The molecule has 0 bridgehead atoms. The molecular formula is C23H25N5OS. The second-order valence-electron chi connectivity index (χ2n) is 7.74. The van der Waals surface area contributed by atoms with E-state index >= 15 is 0 Å². The molecule has 0 aliphatic heterocycles. The second-order valence-corrected chi connectivity index (χ2v) is 8.81. The summed E-state index contributed by atoms with van der Waals surface area (Å²) in [6, 6.07) is 17.1. The lowest BCUT2D eigenvalue weighted by Crippen LogP contribution is -2.24. The normalized spacial score (nSPS) is 11.0. The molecule has 154 valence electrons. The minimum absolute atomic E-state index is 0.343. The van der Waals surface area contributed by atoms with Gasteiger partial charge in [-0.25, -0.2) is 4.68 Å². The van der Waals surface area contributed by atoms with Crippen molar-refractivity contribution in [1.29, 1.82) is 5.26 Å². The van der Waals surface area contributed by atoms with Crippen molar-refractivity contribution in [2.45, 2.75) is 33.2 Å². The van der Waals surface area contributed by atoms with Crippen LogP contribution in [-0.2, 0) is 5.54 Å². The predicted octanol–water partition coefficient (Wildman–Crippen LogP) is 5.81. The van der Waals surface area contributed by atoms with E-state index < -0.39 is 0 Å². The van der Waals surface area contributed by atoms with E-state index in [1.807, 2.05) is 61.9 Å². The fourth-order valence-electron chi connectivity index (χ4n) is 2.98. The monoisotopic (exact) mass is 419 g/mol. The van der Waals surface area contributed by atoms with Crippen molar-refractivity contribution in [3.8, 4) is 17.3 Å². The van der Waals surface area contributed by atoms with E-state index in [1.165, 1.54) is 0 Å². The van der Waals surface area contributed by atoms with Gasteiger partial charge in [-0.1, -0.05) is 31.0 Å². The van der Waals surface area contributed by atoms with Gasteiger partial charge in [0.25, 0.3) is 0 Å². The highest BCUT2D eigenvalue weighted by Gasteiger charge is 2.25. The molecule has 30 heavy (non-hydrogen) atoms. The quantitative estimate of drug-likeness (QED) is 0.371. The molecule has 7 heteroatoms. The summed E-state index contributed by atoms with van der Waals surface area (Å²) in [6.45, 7) is 8.20. The summed E-state index contributed by atoms with van der Waals surface area (Å²) in [7, 11) is 0. The summed E-state index contributed by atoms with van der Waals surface area (Å²) in [4.78, 5) is 12.1. The zero-order valence-electron chi connectivity index (χ0n) is 17.6. The molecule has 0 aliphatic rings. The van der Waals surface area contributed by atoms with Gasteiger partial charge in [0, 0.05) is 22.7 Å². The van der Waals surface area contributed by atoms with Crippen LogP contribution in [0.3, 0.4) is 0 Å². The van der Waals surface area contributed by atoms with E-state index in [1.54, 1.807) is 24.1 Å². The number of carbonyl (C=O) groups excluding carboxylic acids is 1. The molecule has 0 aliphatic carbocycles. The van der Waals surface area contributed by atoms with Crippen molar-refractivity contribution in [3.05, 3.63) is 59.7 Å². The van der Waals surface area contributed by atoms with Gasteiger partial charge in [0.05, 0.1) is 22.7 Å². The molecule has 0 spiro atoms. The summed E-state index contributed by atoms with van der Waals surface area (Å²) >= 11 is 1.63. The van der Waals surface area contributed by atoms with Crippen molar-refractivity contribution in [1.82, 2.24) is 9.78 Å². The number of nitrogens with zero attached hydrogens (tertiary/aromatic N) is 3. The maximum absolute atomic E-state index is 12.1. The molecule has 1 aromatic heterocycles. The Hall–Kier alpha value is -3.24. The molecule has 0 atom stereocenters. The lowest BCUT2D eigenvalue weighted by molar-refractivity contribution is 0.112. The highest BCUT2D eigenvalue weighted by Crippen LogP contribution is 2.34. The number of hydrogen-bond acceptors (Lipinski definition) is 6. The Kier molecular flexibility index (Phi) is 6.48. The number of nitriles is 1. The summed E-state index contributed by atoms with van der Waals surface area (Å²) in [5.41, 5.74) is 4.02. The number of anilines is 3. The van der Waals surface area contributed by atoms with Gasteiger partial charge >= 0.3 is 0 Å². The minimum Gasteiger partial charge on any atom is -0.340 e. The zero-order valence-corrected chi connectivity index (χ0v) is 18.4. The van der Waals surface area contributed by atoms with Gasteiger partial charge in [0.2, 0.25) is 0 Å². The minimum atomic E-state index is -0.343. The first-order chi connectivity index (χ1) is 14.4. The van der Waals surface area contributed by atoms with Gasteiger partial charge in [-0.15, -0.1) is 0 Å². The first-order valence-electron chi connectivity index (χ1n) is 9.71. The van der Waals surface area contributed by atoms with Gasteiger partial charge in [0.1, 0.15) is 11.5 Å². The molecule has 6 nitrogen and oxygen atoms in total. The van der Waals surface area contributed by atoms with E-state index in [-0.39, 0.29) is 5.54 Å². The van der Waals surface area contributed by atoms with Crippen LogP contribution in [0.5, 0.6) is 0 Å². The molecule has 1 heterocycles. The number of aromatic nitrogens is 2.